The first-order valence-corrected chi connectivity index (χ1v) is 9.35. The molecule has 0 saturated heterocycles. The van der Waals surface area contributed by atoms with Crippen molar-refractivity contribution in [1.29, 1.82) is 0 Å². The Bertz CT molecular complexity index is 333. The third-order valence-electron chi connectivity index (χ3n) is 1.79. The van der Waals surface area contributed by atoms with Crippen molar-refractivity contribution in [1.82, 2.24) is 0 Å². The lowest BCUT2D eigenvalue weighted by molar-refractivity contribution is 0.627. The summed E-state index contributed by atoms with van der Waals surface area (Å²) in [5.74, 6) is -0.0471. The molecule has 0 heterocycles. The van der Waals surface area contributed by atoms with Gasteiger partial charge in [0, 0.05) is 8.04 Å². The molecule has 0 saturated carbocycles. The molecule has 0 unspecified atom stereocenters. The highest BCUT2D eigenvalue weighted by Gasteiger charge is 2.24. The molecule has 0 atom stereocenters. The first-order chi connectivity index (χ1) is 5.84. The van der Waals surface area contributed by atoms with E-state index in [-0.39, 0.29) is 5.82 Å². The molecule has 1 aromatic rings. The van der Waals surface area contributed by atoms with E-state index in [9.17, 15) is 4.39 Å². The van der Waals surface area contributed by atoms with Gasteiger partial charge in [-0.05, 0) is 39.9 Å². The van der Waals surface area contributed by atoms with E-state index in [4.69, 9.17) is 0 Å². The van der Waals surface area contributed by atoms with Crippen LogP contribution in [0.25, 0.3) is 0 Å². The van der Waals surface area contributed by atoms with Crippen LogP contribution in [-0.4, -0.2) is 8.07 Å². The summed E-state index contributed by atoms with van der Waals surface area (Å²) in [5, 5.41) is 0.888. The lowest BCUT2D eigenvalue weighted by atomic mass is 10.3. The molecule has 0 N–H and O–H groups in total. The van der Waals surface area contributed by atoms with E-state index in [1.807, 2.05) is 28.7 Å². The van der Waals surface area contributed by atoms with Crippen molar-refractivity contribution < 1.29 is 4.39 Å². The molecule has 0 amide bonds. The average Bonchev–Trinajstić information content (AvgIpc) is 1.95. The Balaban J connectivity index is 3.43. The molecule has 0 fully saturated rings. The van der Waals surface area contributed by atoms with Crippen LogP contribution in [0.2, 0.25) is 19.6 Å². The molecule has 0 aliphatic rings. The molecule has 0 spiro atoms. The quantitative estimate of drug-likeness (QED) is 0.400. The second kappa shape index (κ2) is 3.98. The summed E-state index contributed by atoms with van der Waals surface area (Å²) in [6.45, 7) is 6.44. The zero-order valence-corrected chi connectivity index (χ0v) is 12.5. The van der Waals surface area contributed by atoms with Crippen LogP contribution in [0.5, 0.6) is 0 Å². The van der Waals surface area contributed by atoms with Crippen molar-refractivity contribution in [3.63, 3.8) is 0 Å². The molecule has 72 valence electrons. The Kier molecular flexibility index (Phi) is 3.57. The predicted molar refractivity (Wildman–Crippen MR) is 69.8 cm³/mol. The molecule has 0 nitrogen and oxygen atoms in total. The Morgan fingerprint density at radius 1 is 1.31 bits per heavy atom. The van der Waals surface area contributed by atoms with Crippen LogP contribution < -0.4 is 5.19 Å². The van der Waals surface area contributed by atoms with Gasteiger partial charge in [0.15, 0.2) is 0 Å². The van der Waals surface area contributed by atoms with Crippen LogP contribution in [0.1, 0.15) is 0 Å². The van der Waals surface area contributed by atoms with E-state index in [0.717, 1.165) is 9.66 Å². The molecule has 13 heavy (non-hydrogen) atoms. The molecule has 0 bridgehead atoms. The van der Waals surface area contributed by atoms with Gasteiger partial charge >= 0.3 is 0 Å². The van der Waals surface area contributed by atoms with E-state index in [1.54, 1.807) is 6.07 Å². The molecule has 0 aliphatic heterocycles. The fourth-order valence-electron chi connectivity index (χ4n) is 1.21. The third kappa shape index (κ3) is 2.53. The highest BCUT2D eigenvalue weighted by molar-refractivity contribution is 14.1. The Morgan fingerprint density at radius 2 is 1.85 bits per heavy atom. The molecule has 4 heteroatoms. The van der Waals surface area contributed by atoms with Gasteiger partial charge in [-0.25, -0.2) is 4.39 Å². The minimum absolute atomic E-state index is 0.0471. The van der Waals surface area contributed by atoms with Gasteiger partial charge in [0.25, 0.3) is 0 Å². The van der Waals surface area contributed by atoms with Gasteiger partial charge in [0.1, 0.15) is 5.82 Å². The van der Waals surface area contributed by atoms with E-state index < -0.39 is 8.07 Å². The molecular formula is C9H11BrFISi. The first-order valence-electron chi connectivity index (χ1n) is 3.98. The Hall–Kier alpha value is 0.577. The van der Waals surface area contributed by atoms with Crippen LogP contribution in [0.3, 0.4) is 0 Å². The zero-order valence-electron chi connectivity index (χ0n) is 7.79. The summed E-state index contributed by atoms with van der Waals surface area (Å²) in [6.07, 6.45) is 0. The molecule has 1 rings (SSSR count). The van der Waals surface area contributed by atoms with Crippen molar-refractivity contribution in [3.8, 4) is 0 Å². The summed E-state index contributed by atoms with van der Waals surface area (Å²) in [4.78, 5) is 0. The lowest BCUT2D eigenvalue weighted by Crippen LogP contribution is -2.41. The second-order valence-corrected chi connectivity index (χ2v) is 11.0. The summed E-state index contributed by atoms with van der Waals surface area (Å²) < 4.78 is 15.4. The largest absolute Gasteiger partial charge is 0.206 e. The van der Waals surface area contributed by atoms with Crippen molar-refractivity contribution in [2.75, 3.05) is 0 Å². The second-order valence-electron chi connectivity index (χ2n) is 3.97. The monoisotopic (exact) mass is 372 g/mol. The number of halogens is 3. The maximum atomic E-state index is 13.8. The summed E-state index contributed by atoms with van der Waals surface area (Å²) in [5.41, 5.74) is 0. The number of benzene rings is 1. The Labute approximate surface area is 101 Å². The highest BCUT2D eigenvalue weighted by Crippen LogP contribution is 2.19. The van der Waals surface area contributed by atoms with E-state index in [1.165, 1.54) is 0 Å². The lowest BCUT2D eigenvalue weighted by Gasteiger charge is -2.19. The maximum Gasteiger partial charge on any atom is 0.136 e. The maximum absolute atomic E-state index is 13.8. The number of rotatable bonds is 1. The first kappa shape index (κ1) is 11.7. The average molecular weight is 373 g/mol. The minimum Gasteiger partial charge on any atom is -0.206 e. The van der Waals surface area contributed by atoms with Gasteiger partial charge in [-0.3, -0.25) is 0 Å². The molecule has 0 radical (unpaired) electrons. The predicted octanol–water partition coefficient (Wildman–Crippen LogP) is 3.74. The van der Waals surface area contributed by atoms with Crippen molar-refractivity contribution in [2.24, 2.45) is 0 Å². The number of hydrogen-bond donors (Lipinski definition) is 0. The third-order valence-corrected chi connectivity index (χ3v) is 5.64. The summed E-state index contributed by atoms with van der Waals surface area (Å²) in [7, 11) is -1.58. The van der Waals surface area contributed by atoms with Gasteiger partial charge in [-0.15, -0.1) is 0 Å². The Morgan fingerprint density at radius 3 is 2.23 bits per heavy atom. The van der Waals surface area contributed by atoms with E-state index >= 15 is 0 Å². The fourth-order valence-corrected chi connectivity index (χ4v) is 5.60. The van der Waals surface area contributed by atoms with Crippen LogP contribution in [0, 0.1) is 9.39 Å². The SMILES string of the molecule is C[Si](C)(C)c1c(Br)ccc(I)c1F. The van der Waals surface area contributed by atoms with Gasteiger partial charge in [0.2, 0.25) is 0 Å². The van der Waals surface area contributed by atoms with E-state index in [0.29, 0.717) is 3.57 Å². The van der Waals surface area contributed by atoms with Crippen LogP contribution in [-0.2, 0) is 0 Å². The molecular weight excluding hydrogens is 362 g/mol. The smallest absolute Gasteiger partial charge is 0.136 e. The highest BCUT2D eigenvalue weighted by atomic mass is 127. The molecule has 0 aliphatic carbocycles. The number of hydrogen-bond acceptors (Lipinski definition) is 0. The van der Waals surface area contributed by atoms with Crippen molar-refractivity contribution in [3.05, 3.63) is 26.0 Å². The van der Waals surface area contributed by atoms with Gasteiger partial charge in [0.05, 0.1) is 8.07 Å². The van der Waals surface area contributed by atoms with Crippen LogP contribution in [0.4, 0.5) is 4.39 Å². The van der Waals surface area contributed by atoms with Crippen LogP contribution >= 0.6 is 38.5 Å². The zero-order chi connectivity index (χ0) is 10.2. The standard InChI is InChI=1S/C9H11BrFISi/c1-13(2,3)9-6(10)4-5-7(12)8(9)11/h4-5H,1-3H3. The van der Waals surface area contributed by atoms with E-state index in [2.05, 4.69) is 35.6 Å². The summed E-state index contributed by atoms with van der Waals surface area (Å²) >= 11 is 5.44. The topological polar surface area (TPSA) is 0 Å². The molecule has 1 aromatic carbocycles. The molecule has 0 aromatic heterocycles. The normalized spacial score (nSPS) is 11.8. The van der Waals surface area contributed by atoms with Gasteiger partial charge in [-0.1, -0.05) is 35.6 Å². The van der Waals surface area contributed by atoms with Gasteiger partial charge < -0.3 is 0 Å². The van der Waals surface area contributed by atoms with Crippen molar-refractivity contribution in [2.45, 2.75) is 19.6 Å². The minimum atomic E-state index is -1.58. The van der Waals surface area contributed by atoms with Crippen molar-refractivity contribution >= 4 is 51.8 Å². The summed E-state index contributed by atoms with van der Waals surface area (Å²) in [6, 6.07) is 3.72. The van der Waals surface area contributed by atoms with Gasteiger partial charge in [-0.2, -0.15) is 0 Å². The fraction of sp³-hybridized carbons (Fsp3) is 0.333. The van der Waals surface area contributed by atoms with Crippen LogP contribution in [0.15, 0.2) is 16.6 Å².